The number of aliphatic hydroxyl groups is 1. The number of Topliss-reactive ketones (excluding diaryl/α,β-unsaturated/α-hetero) is 1. The third-order valence-corrected chi connectivity index (χ3v) is 10.1. The Morgan fingerprint density at radius 2 is 1.67 bits per heavy atom. The molecule has 0 spiro atoms. The van der Waals surface area contributed by atoms with Crippen molar-refractivity contribution in [3.63, 3.8) is 0 Å². The molecule has 15 heteroatoms. The number of carbonyl (C=O) groups is 2. The molecule has 2 heterocycles. The minimum atomic E-state index is -4.20. The van der Waals surface area contributed by atoms with Gasteiger partial charge in [-0.15, -0.1) is 0 Å². The van der Waals surface area contributed by atoms with Gasteiger partial charge < -0.3 is 14.6 Å². The smallest absolute Gasteiger partial charge is 0.301 e. The van der Waals surface area contributed by atoms with Gasteiger partial charge in [0, 0.05) is 22.7 Å². The highest BCUT2D eigenvalue weighted by atomic mass is 35.5. The number of amides is 1. The molecule has 3 aromatic carbocycles. The number of nitro groups is 1. The van der Waals surface area contributed by atoms with E-state index in [2.05, 4.69) is 4.98 Å². The molecule has 1 amide bonds. The van der Waals surface area contributed by atoms with Crippen LogP contribution < -0.4 is 14.4 Å². The first-order chi connectivity index (χ1) is 20.5. The Balaban J connectivity index is 1.65. The van der Waals surface area contributed by atoms with Gasteiger partial charge in [0.15, 0.2) is 16.6 Å². The summed E-state index contributed by atoms with van der Waals surface area (Å²) in [6.45, 7) is 0. The van der Waals surface area contributed by atoms with Crippen molar-refractivity contribution in [1.29, 1.82) is 0 Å². The third-order valence-electron chi connectivity index (χ3n) is 6.59. The lowest BCUT2D eigenvalue weighted by atomic mass is 9.95. The second-order valence-electron chi connectivity index (χ2n) is 9.01. The summed E-state index contributed by atoms with van der Waals surface area (Å²) < 4.78 is 37.1. The Kier molecular flexibility index (Phi) is 7.92. The highest BCUT2D eigenvalue weighted by Crippen LogP contribution is 2.46. The summed E-state index contributed by atoms with van der Waals surface area (Å²) in [6.07, 6.45) is 1.03. The van der Waals surface area contributed by atoms with Gasteiger partial charge in [-0.25, -0.2) is 13.4 Å². The maximum absolute atomic E-state index is 13.5. The third kappa shape index (κ3) is 5.31. The van der Waals surface area contributed by atoms with Crippen molar-refractivity contribution < 1.29 is 37.5 Å². The minimum absolute atomic E-state index is 0.141. The summed E-state index contributed by atoms with van der Waals surface area (Å²) >= 11 is 6.60. The molecule has 1 aromatic heterocycles. The van der Waals surface area contributed by atoms with E-state index in [4.69, 9.17) is 21.1 Å². The Morgan fingerprint density at radius 3 is 2.28 bits per heavy atom. The fourth-order valence-corrected chi connectivity index (χ4v) is 7.15. The van der Waals surface area contributed by atoms with Gasteiger partial charge in [0.05, 0.1) is 41.9 Å². The second-order valence-corrected chi connectivity index (χ2v) is 12.6. The van der Waals surface area contributed by atoms with E-state index in [1.165, 1.54) is 44.6 Å². The number of ketones is 1. The SMILES string of the molecule is COc1ccc(C2/C(=C(\O)c3ccc(Cl)cc3)C(=O)C(=O)N2c2ncc(S(=O)(=O)c3ccc([N+](=O)[O-])cc3)s2)cc1OC. The van der Waals surface area contributed by atoms with Gasteiger partial charge in [-0.05, 0) is 54.1 Å². The number of hydrogen-bond acceptors (Lipinski definition) is 11. The molecule has 1 unspecified atom stereocenters. The Morgan fingerprint density at radius 1 is 1.02 bits per heavy atom. The van der Waals surface area contributed by atoms with Gasteiger partial charge in [0.2, 0.25) is 9.84 Å². The van der Waals surface area contributed by atoms with Crippen LogP contribution in [0.3, 0.4) is 0 Å². The number of sulfone groups is 1. The molecule has 12 nitrogen and oxygen atoms in total. The summed E-state index contributed by atoms with van der Waals surface area (Å²) in [5.74, 6) is -1.91. The predicted molar refractivity (Wildman–Crippen MR) is 156 cm³/mol. The largest absolute Gasteiger partial charge is 0.507 e. The molecule has 1 aliphatic rings. The molecule has 0 saturated carbocycles. The highest BCUT2D eigenvalue weighted by molar-refractivity contribution is 7.93. The van der Waals surface area contributed by atoms with E-state index in [-0.39, 0.29) is 36.8 Å². The molecule has 5 rings (SSSR count). The predicted octanol–water partition coefficient (Wildman–Crippen LogP) is 5.18. The molecule has 1 fully saturated rings. The fourth-order valence-electron chi connectivity index (χ4n) is 4.48. The number of benzene rings is 3. The van der Waals surface area contributed by atoms with Crippen molar-refractivity contribution in [3.05, 3.63) is 105 Å². The number of nitro benzene ring substituents is 1. The molecule has 0 radical (unpaired) electrons. The average Bonchev–Trinajstić information content (AvgIpc) is 3.60. The standard InChI is InChI=1S/C28H20ClN3O9S2/c1-40-20-12-5-16(13-21(20)41-2)24-23(25(33)15-3-6-17(29)7-4-15)26(34)27(35)31(24)28-30-14-22(42-28)43(38,39)19-10-8-18(9-11-19)32(36)37/h3-14,24,33H,1-2H3/b25-23+. The Labute approximate surface area is 253 Å². The number of rotatable bonds is 8. The minimum Gasteiger partial charge on any atom is -0.507 e. The van der Waals surface area contributed by atoms with Crippen LogP contribution in [0.25, 0.3) is 5.76 Å². The van der Waals surface area contributed by atoms with Crippen molar-refractivity contribution in [3.8, 4) is 11.5 Å². The zero-order valence-corrected chi connectivity index (χ0v) is 24.6. The van der Waals surface area contributed by atoms with E-state index in [0.717, 1.165) is 35.4 Å². The van der Waals surface area contributed by atoms with E-state index < -0.39 is 38.3 Å². The van der Waals surface area contributed by atoms with Gasteiger partial charge in [-0.2, -0.15) is 0 Å². The average molecular weight is 642 g/mol. The van der Waals surface area contributed by atoms with E-state index in [1.54, 1.807) is 12.1 Å². The van der Waals surface area contributed by atoms with Crippen molar-refractivity contribution >= 4 is 61.0 Å². The lowest BCUT2D eigenvalue weighted by Gasteiger charge is -2.23. The number of methoxy groups -OCH3 is 2. The number of thiazole rings is 1. The molecular weight excluding hydrogens is 622 g/mol. The van der Waals surface area contributed by atoms with Crippen LogP contribution in [-0.4, -0.2) is 49.3 Å². The first-order valence-corrected chi connectivity index (χ1v) is 14.9. The summed E-state index contributed by atoms with van der Waals surface area (Å²) in [4.78, 5) is 42.2. The van der Waals surface area contributed by atoms with Crippen molar-refractivity contribution in [2.24, 2.45) is 0 Å². The fraction of sp³-hybridized carbons (Fsp3) is 0.107. The molecule has 1 saturated heterocycles. The lowest BCUT2D eigenvalue weighted by Crippen LogP contribution is -2.29. The molecule has 1 atom stereocenters. The van der Waals surface area contributed by atoms with Crippen LogP contribution in [0.1, 0.15) is 17.2 Å². The zero-order valence-electron chi connectivity index (χ0n) is 22.3. The highest BCUT2D eigenvalue weighted by Gasteiger charge is 2.48. The number of halogens is 1. The number of ether oxygens (including phenoxy) is 2. The maximum Gasteiger partial charge on any atom is 0.301 e. The molecular formula is C28H20ClN3O9S2. The number of carbonyl (C=O) groups excluding carboxylic acids is 2. The maximum atomic E-state index is 13.5. The van der Waals surface area contributed by atoms with Crippen molar-refractivity contribution in [1.82, 2.24) is 4.98 Å². The lowest BCUT2D eigenvalue weighted by molar-refractivity contribution is -0.384. The Hall–Kier alpha value is -4.79. The van der Waals surface area contributed by atoms with Crippen LogP contribution in [0.4, 0.5) is 10.8 Å². The first kappa shape index (κ1) is 29.7. The normalized spacial score (nSPS) is 16.3. The summed E-state index contributed by atoms with van der Waals surface area (Å²) in [6, 6.07) is 13.7. The van der Waals surface area contributed by atoms with Gasteiger partial charge in [0.25, 0.3) is 11.5 Å². The van der Waals surface area contributed by atoms with Gasteiger partial charge in [-0.3, -0.25) is 24.6 Å². The molecule has 0 bridgehead atoms. The summed E-state index contributed by atoms with van der Waals surface area (Å²) in [5, 5.41) is 22.5. The number of aliphatic hydroxyl groups excluding tert-OH is 1. The Bertz CT molecular complexity index is 1900. The number of hydrogen-bond donors (Lipinski definition) is 1. The van der Waals surface area contributed by atoms with Crippen LogP contribution in [0.2, 0.25) is 5.02 Å². The first-order valence-electron chi connectivity index (χ1n) is 12.2. The molecule has 4 aromatic rings. The number of aromatic nitrogens is 1. The van der Waals surface area contributed by atoms with E-state index >= 15 is 0 Å². The second kappa shape index (κ2) is 11.5. The van der Waals surface area contributed by atoms with E-state index in [9.17, 15) is 33.2 Å². The monoisotopic (exact) mass is 641 g/mol. The topological polar surface area (TPSA) is 166 Å². The number of nitrogens with zero attached hydrogens (tertiary/aromatic N) is 3. The van der Waals surface area contributed by atoms with Gasteiger partial charge in [-0.1, -0.05) is 29.0 Å². The molecule has 220 valence electrons. The summed E-state index contributed by atoms with van der Waals surface area (Å²) in [5.41, 5.74) is -0.00648. The molecule has 0 aliphatic carbocycles. The molecule has 43 heavy (non-hydrogen) atoms. The van der Waals surface area contributed by atoms with E-state index in [0.29, 0.717) is 27.7 Å². The van der Waals surface area contributed by atoms with Crippen LogP contribution in [0, 0.1) is 10.1 Å². The van der Waals surface area contributed by atoms with Crippen LogP contribution in [-0.2, 0) is 19.4 Å². The van der Waals surface area contributed by atoms with Crippen LogP contribution in [0.15, 0.2) is 87.6 Å². The van der Waals surface area contributed by atoms with E-state index in [1.807, 2.05) is 0 Å². The van der Waals surface area contributed by atoms with Gasteiger partial charge in [0.1, 0.15) is 9.97 Å². The number of anilines is 1. The van der Waals surface area contributed by atoms with Crippen LogP contribution >= 0.6 is 22.9 Å². The molecule has 1 N–H and O–H groups in total. The quantitative estimate of drug-likeness (QED) is 0.0890. The van der Waals surface area contributed by atoms with Crippen molar-refractivity contribution in [2.45, 2.75) is 15.1 Å². The number of non-ortho nitro benzene ring substituents is 1. The van der Waals surface area contributed by atoms with Crippen molar-refractivity contribution in [2.75, 3.05) is 19.1 Å². The molecule has 1 aliphatic heterocycles. The summed E-state index contributed by atoms with van der Waals surface area (Å²) in [7, 11) is -1.36. The zero-order chi connectivity index (χ0) is 31.1. The van der Waals surface area contributed by atoms with Gasteiger partial charge >= 0.3 is 5.91 Å². The van der Waals surface area contributed by atoms with Crippen LogP contribution in [0.5, 0.6) is 11.5 Å².